The van der Waals surface area contributed by atoms with Gasteiger partial charge in [0.25, 0.3) is 5.91 Å². The van der Waals surface area contributed by atoms with E-state index in [0.717, 1.165) is 6.07 Å². The monoisotopic (exact) mass is 317 g/mol. The molecule has 116 valence electrons. The van der Waals surface area contributed by atoms with E-state index < -0.39 is 23.8 Å². The minimum atomic E-state index is -0.917. The summed E-state index contributed by atoms with van der Waals surface area (Å²) in [5.41, 5.74) is 0. The summed E-state index contributed by atoms with van der Waals surface area (Å²) in [6.45, 7) is 3.48. The number of halogens is 2. The first-order chi connectivity index (χ1) is 9.79. The molecule has 0 spiro atoms. The van der Waals surface area contributed by atoms with Crippen LogP contribution in [-0.4, -0.2) is 29.6 Å². The van der Waals surface area contributed by atoms with Gasteiger partial charge in [-0.3, -0.25) is 9.59 Å². The average molecular weight is 318 g/mol. The topological polar surface area (TPSA) is 75.6 Å². The minimum Gasteiger partial charge on any atom is -0.481 e. The van der Waals surface area contributed by atoms with Crippen LogP contribution in [0.1, 0.15) is 20.3 Å². The summed E-state index contributed by atoms with van der Waals surface area (Å²) in [7, 11) is 0. The van der Waals surface area contributed by atoms with Crippen LogP contribution in [0.5, 0.6) is 5.75 Å². The van der Waals surface area contributed by atoms with E-state index >= 15 is 0 Å². The molecule has 0 aliphatic heterocycles. The number of benzene rings is 1. The second kappa shape index (κ2) is 7.83. The fraction of sp³-hybridized carbons (Fsp3) is 0.429. The summed E-state index contributed by atoms with van der Waals surface area (Å²) < 4.78 is 18.2. The molecule has 2 N–H and O–H groups in total. The van der Waals surface area contributed by atoms with Crippen LogP contribution >= 0.6 is 11.6 Å². The highest BCUT2D eigenvalue weighted by Gasteiger charge is 2.17. The van der Waals surface area contributed by atoms with Crippen molar-refractivity contribution in [2.24, 2.45) is 5.92 Å². The van der Waals surface area contributed by atoms with E-state index in [1.165, 1.54) is 19.1 Å². The molecule has 5 nitrogen and oxygen atoms in total. The van der Waals surface area contributed by atoms with Gasteiger partial charge in [-0.15, -0.1) is 0 Å². The Morgan fingerprint density at radius 3 is 2.67 bits per heavy atom. The largest absolute Gasteiger partial charge is 0.481 e. The molecule has 0 saturated carbocycles. The fourth-order valence-electron chi connectivity index (χ4n) is 1.60. The molecule has 7 heteroatoms. The zero-order valence-electron chi connectivity index (χ0n) is 11.7. The molecule has 0 bridgehead atoms. The smallest absolute Gasteiger partial charge is 0.303 e. The van der Waals surface area contributed by atoms with Crippen molar-refractivity contribution >= 4 is 23.5 Å². The maximum absolute atomic E-state index is 12.9. The average Bonchev–Trinajstić information content (AvgIpc) is 2.38. The van der Waals surface area contributed by atoms with Crippen LogP contribution in [0.3, 0.4) is 0 Å². The van der Waals surface area contributed by atoms with Crippen LogP contribution in [0.15, 0.2) is 18.2 Å². The third-order valence-electron chi connectivity index (χ3n) is 2.71. The normalized spacial score (nSPS) is 13.3. The number of carboxylic acids is 1. The van der Waals surface area contributed by atoms with Gasteiger partial charge >= 0.3 is 5.97 Å². The van der Waals surface area contributed by atoms with Gasteiger partial charge in [0.1, 0.15) is 11.6 Å². The maximum Gasteiger partial charge on any atom is 0.303 e. The van der Waals surface area contributed by atoms with E-state index in [9.17, 15) is 14.0 Å². The maximum atomic E-state index is 12.9. The number of carboxylic acid groups (broad SMARTS) is 1. The highest BCUT2D eigenvalue weighted by Crippen LogP contribution is 2.25. The number of rotatable bonds is 7. The van der Waals surface area contributed by atoms with Crippen LogP contribution in [0.25, 0.3) is 0 Å². The van der Waals surface area contributed by atoms with E-state index in [1.54, 1.807) is 6.92 Å². The molecule has 1 aromatic carbocycles. The number of nitrogens with one attached hydrogen (secondary N) is 1. The van der Waals surface area contributed by atoms with Gasteiger partial charge in [-0.2, -0.15) is 0 Å². The van der Waals surface area contributed by atoms with Gasteiger partial charge in [-0.05, 0) is 31.0 Å². The predicted molar refractivity (Wildman–Crippen MR) is 75.9 cm³/mol. The molecule has 0 aromatic heterocycles. The molecule has 2 unspecified atom stereocenters. The molecule has 0 saturated heterocycles. The lowest BCUT2D eigenvalue weighted by Crippen LogP contribution is -2.38. The number of hydrogen-bond donors (Lipinski definition) is 2. The Bertz CT molecular complexity index is 524. The lowest BCUT2D eigenvalue weighted by atomic mass is 10.1. The van der Waals surface area contributed by atoms with Crippen molar-refractivity contribution in [3.05, 3.63) is 29.0 Å². The summed E-state index contributed by atoms with van der Waals surface area (Å²) in [5, 5.41) is 11.3. The summed E-state index contributed by atoms with van der Waals surface area (Å²) in [6.07, 6.45) is -0.857. The van der Waals surface area contributed by atoms with Gasteiger partial charge in [0.2, 0.25) is 0 Å². The summed E-state index contributed by atoms with van der Waals surface area (Å²) in [4.78, 5) is 22.3. The summed E-state index contributed by atoms with van der Waals surface area (Å²) >= 11 is 5.80. The van der Waals surface area contributed by atoms with Crippen LogP contribution in [0.4, 0.5) is 4.39 Å². The fourth-order valence-corrected chi connectivity index (χ4v) is 1.82. The molecular weight excluding hydrogens is 301 g/mol. The molecule has 0 radical (unpaired) electrons. The highest BCUT2D eigenvalue weighted by molar-refractivity contribution is 6.32. The lowest BCUT2D eigenvalue weighted by molar-refractivity contribution is -0.138. The molecule has 0 aliphatic carbocycles. The van der Waals surface area contributed by atoms with Crippen LogP contribution < -0.4 is 10.1 Å². The molecular formula is C14H17ClFNO4. The van der Waals surface area contributed by atoms with Crippen LogP contribution in [0.2, 0.25) is 5.02 Å². The number of aliphatic carboxylic acids is 1. The Balaban J connectivity index is 2.49. The number of ether oxygens (including phenoxy) is 1. The van der Waals surface area contributed by atoms with Gasteiger partial charge in [0, 0.05) is 13.0 Å². The zero-order valence-corrected chi connectivity index (χ0v) is 12.5. The predicted octanol–water partition coefficient (Wildman–Crippen LogP) is 2.47. The van der Waals surface area contributed by atoms with Gasteiger partial charge < -0.3 is 15.2 Å². The van der Waals surface area contributed by atoms with E-state index in [-0.39, 0.29) is 29.7 Å². The molecule has 0 fully saturated rings. The second-order valence-electron chi connectivity index (χ2n) is 4.78. The van der Waals surface area contributed by atoms with Gasteiger partial charge in [-0.25, -0.2) is 4.39 Å². The summed E-state index contributed by atoms with van der Waals surface area (Å²) in [5.74, 6) is -1.79. The number of amides is 1. The lowest BCUT2D eigenvalue weighted by Gasteiger charge is -2.17. The van der Waals surface area contributed by atoms with Crippen molar-refractivity contribution in [2.45, 2.75) is 26.4 Å². The summed E-state index contributed by atoms with van der Waals surface area (Å²) in [6, 6.07) is 3.62. The van der Waals surface area contributed by atoms with E-state index in [2.05, 4.69) is 5.32 Å². The zero-order chi connectivity index (χ0) is 16.0. The van der Waals surface area contributed by atoms with E-state index in [1.807, 2.05) is 0 Å². The molecule has 21 heavy (non-hydrogen) atoms. The van der Waals surface area contributed by atoms with Crippen LogP contribution in [-0.2, 0) is 9.59 Å². The third kappa shape index (κ3) is 5.99. The van der Waals surface area contributed by atoms with Gasteiger partial charge in [0.05, 0.1) is 5.02 Å². The molecule has 1 amide bonds. The standard InChI is InChI=1S/C14H17ClFNO4/c1-8(5-13(18)19)7-17-14(20)9(2)21-12-4-3-10(16)6-11(12)15/h3-4,6,8-9H,5,7H2,1-2H3,(H,17,20)(H,18,19). The Kier molecular flexibility index (Phi) is 6.42. The quantitative estimate of drug-likeness (QED) is 0.810. The number of carbonyl (C=O) groups excluding carboxylic acids is 1. The molecule has 1 aromatic rings. The SMILES string of the molecule is CC(CNC(=O)C(C)Oc1ccc(F)cc1Cl)CC(=O)O. The minimum absolute atomic E-state index is 0.0285. The first kappa shape index (κ1) is 17.2. The van der Waals surface area contributed by atoms with Crippen molar-refractivity contribution in [1.29, 1.82) is 0 Å². The molecule has 0 aliphatic rings. The Labute approximate surface area is 127 Å². The Hall–Kier alpha value is -1.82. The molecule has 0 heterocycles. The van der Waals surface area contributed by atoms with Crippen molar-refractivity contribution < 1.29 is 23.8 Å². The van der Waals surface area contributed by atoms with Crippen molar-refractivity contribution in [3.8, 4) is 5.75 Å². The number of hydrogen-bond acceptors (Lipinski definition) is 3. The third-order valence-corrected chi connectivity index (χ3v) is 3.01. The second-order valence-corrected chi connectivity index (χ2v) is 5.19. The first-order valence-electron chi connectivity index (χ1n) is 6.40. The highest BCUT2D eigenvalue weighted by atomic mass is 35.5. The van der Waals surface area contributed by atoms with E-state index in [4.69, 9.17) is 21.4 Å². The van der Waals surface area contributed by atoms with Crippen molar-refractivity contribution in [1.82, 2.24) is 5.32 Å². The van der Waals surface area contributed by atoms with Crippen molar-refractivity contribution in [2.75, 3.05) is 6.54 Å². The Morgan fingerprint density at radius 1 is 1.43 bits per heavy atom. The van der Waals surface area contributed by atoms with E-state index in [0.29, 0.717) is 0 Å². The Morgan fingerprint density at radius 2 is 2.10 bits per heavy atom. The van der Waals surface area contributed by atoms with Gasteiger partial charge in [-0.1, -0.05) is 18.5 Å². The van der Waals surface area contributed by atoms with Gasteiger partial charge in [0.15, 0.2) is 6.10 Å². The molecule has 2 atom stereocenters. The van der Waals surface area contributed by atoms with Crippen LogP contribution in [0, 0.1) is 11.7 Å². The molecule has 1 rings (SSSR count). The first-order valence-corrected chi connectivity index (χ1v) is 6.78. The van der Waals surface area contributed by atoms with Crippen molar-refractivity contribution in [3.63, 3.8) is 0 Å². The number of carbonyl (C=O) groups is 2.